The van der Waals surface area contributed by atoms with Gasteiger partial charge in [-0.3, -0.25) is 28.9 Å². The summed E-state index contributed by atoms with van der Waals surface area (Å²) < 4.78 is 11.2. The third-order valence-corrected chi connectivity index (χ3v) is 5.74. The molecule has 1 rings (SSSR count). The van der Waals surface area contributed by atoms with E-state index in [2.05, 4.69) is 5.32 Å². The second-order valence-corrected chi connectivity index (χ2v) is 9.26. The van der Waals surface area contributed by atoms with E-state index in [0.29, 0.717) is 37.6 Å². The Morgan fingerprint density at radius 3 is 1.87 bits per heavy atom. The number of nitrogens with zero attached hydrogens (tertiary/aromatic N) is 1. The first kappa shape index (κ1) is 27.3. The largest absolute Gasteiger partial charge is 0.379 e. The third-order valence-electron chi connectivity index (χ3n) is 3.94. The molecule has 31 heavy (non-hydrogen) atoms. The number of carbonyl (C=O) groups is 5. The molecule has 0 saturated heterocycles. The number of ether oxygens (including phenoxy) is 2. The van der Waals surface area contributed by atoms with Crippen molar-refractivity contribution >= 4 is 51.5 Å². The van der Waals surface area contributed by atoms with Crippen molar-refractivity contribution in [3.63, 3.8) is 0 Å². The number of rotatable bonds is 16. The molecule has 0 radical (unpaired) electrons. The number of hydrogen-bond acceptors (Lipinski definition) is 9. The maximum absolute atomic E-state index is 12.3. The lowest BCUT2D eigenvalue weighted by Crippen LogP contribution is -2.43. The zero-order valence-electron chi connectivity index (χ0n) is 17.9. The maximum Gasteiger partial charge on any atom is 0.253 e. The summed E-state index contributed by atoms with van der Waals surface area (Å²) in [4.78, 5) is 58.2. The average molecular weight is 475 g/mol. The summed E-state index contributed by atoms with van der Waals surface area (Å²) in [5, 5.41) is 2.94. The second kappa shape index (κ2) is 16.0. The van der Waals surface area contributed by atoms with Gasteiger partial charge in [0.25, 0.3) is 11.8 Å². The summed E-state index contributed by atoms with van der Waals surface area (Å²) in [6.45, 7) is 4.42. The normalized spacial score (nSPS) is 13.3. The molecule has 0 saturated carbocycles. The highest BCUT2D eigenvalue weighted by atomic mass is 32.2. The third kappa shape index (κ3) is 13.4. The van der Waals surface area contributed by atoms with Gasteiger partial charge >= 0.3 is 0 Å². The van der Waals surface area contributed by atoms with Crippen molar-refractivity contribution in [3.8, 4) is 0 Å². The molecule has 0 bridgehead atoms. The van der Waals surface area contributed by atoms with Crippen molar-refractivity contribution in [2.75, 3.05) is 44.5 Å². The Balaban J connectivity index is 2.35. The molecule has 0 aromatic heterocycles. The van der Waals surface area contributed by atoms with Crippen molar-refractivity contribution in [1.29, 1.82) is 0 Å². The maximum atomic E-state index is 12.3. The first-order valence-corrected chi connectivity index (χ1v) is 12.0. The molecule has 0 atom stereocenters. The zero-order valence-corrected chi connectivity index (χ0v) is 19.6. The van der Waals surface area contributed by atoms with E-state index in [1.165, 1.54) is 49.5 Å². The molecule has 3 amide bonds. The summed E-state index contributed by atoms with van der Waals surface area (Å²) in [7, 11) is 0. The van der Waals surface area contributed by atoms with Crippen molar-refractivity contribution in [2.24, 2.45) is 0 Å². The molecule has 1 aliphatic heterocycles. The van der Waals surface area contributed by atoms with Crippen LogP contribution in [0.4, 0.5) is 0 Å². The highest BCUT2D eigenvalue weighted by molar-refractivity contribution is 8.13. The fourth-order valence-corrected chi connectivity index (χ4v) is 3.60. The molecule has 1 N–H and O–H groups in total. The number of hydrogen-bond donors (Lipinski definition) is 1. The van der Waals surface area contributed by atoms with Gasteiger partial charge < -0.3 is 14.8 Å². The Kier molecular flexibility index (Phi) is 14.1. The first-order chi connectivity index (χ1) is 14.8. The first-order valence-electron chi connectivity index (χ1n) is 10.0. The van der Waals surface area contributed by atoms with Gasteiger partial charge in [-0.1, -0.05) is 23.5 Å². The standard InChI is InChI=1S/C20H30N2O7S2/c1-15(23)30-11-3-9-28-13-17(14-29-10-4-12-31-16(2)24)21-18(25)7-8-22-19(26)5-6-20(22)27/h5-6,17H,3-4,7-14H2,1-2H3,(H,21,25). The molecule has 0 aromatic rings. The number of thioether (sulfide) groups is 2. The van der Waals surface area contributed by atoms with E-state index >= 15 is 0 Å². The summed E-state index contributed by atoms with van der Waals surface area (Å²) >= 11 is 2.48. The predicted molar refractivity (Wildman–Crippen MR) is 120 cm³/mol. The minimum Gasteiger partial charge on any atom is -0.379 e. The average Bonchev–Trinajstić information content (AvgIpc) is 3.02. The van der Waals surface area contributed by atoms with Gasteiger partial charge in [-0.05, 0) is 12.8 Å². The van der Waals surface area contributed by atoms with Gasteiger partial charge in [0.1, 0.15) is 0 Å². The lowest BCUT2D eigenvalue weighted by Gasteiger charge is -2.20. The van der Waals surface area contributed by atoms with Gasteiger partial charge in [-0.2, -0.15) is 0 Å². The number of imide groups is 1. The van der Waals surface area contributed by atoms with Gasteiger partial charge in [-0.15, -0.1) is 0 Å². The molecule has 0 aliphatic carbocycles. The minimum absolute atomic E-state index is 0.00940. The van der Waals surface area contributed by atoms with Crippen LogP contribution in [0.25, 0.3) is 0 Å². The van der Waals surface area contributed by atoms with Crippen LogP contribution in [0.15, 0.2) is 12.2 Å². The molecule has 1 aliphatic rings. The van der Waals surface area contributed by atoms with E-state index in [-0.39, 0.29) is 42.3 Å². The topological polar surface area (TPSA) is 119 Å². The summed E-state index contributed by atoms with van der Waals surface area (Å²) in [6.07, 6.45) is 3.76. The fraction of sp³-hybridized carbons (Fsp3) is 0.650. The van der Waals surface area contributed by atoms with Crippen LogP contribution in [-0.2, 0) is 33.4 Å². The van der Waals surface area contributed by atoms with Crippen LogP contribution in [-0.4, -0.2) is 83.4 Å². The summed E-state index contributed by atoms with van der Waals surface area (Å²) in [6, 6.07) is -0.392. The molecule has 1 heterocycles. The van der Waals surface area contributed by atoms with E-state index in [4.69, 9.17) is 9.47 Å². The van der Waals surface area contributed by atoms with E-state index in [0.717, 1.165) is 4.90 Å². The predicted octanol–water partition coefficient (Wildman–Crippen LogP) is 1.16. The van der Waals surface area contributed by atoms with Crippen LogP contribution >= 0.6 is 23.5 Å². The van der Waals surface area contributed by atoms with Gasteiger partial charge in [0.05, 0.1) is 19.3 Å². The van der Waals surface area contributed by atoms with Crippen molar-refractivity contribution in [3.05, 3.63) is 12.2 Å². The van der Waals surface area contributed by atoms with E-state index < -0.39 is 17.9 Å². The monoisotopic (exact) mass is 474 g/mol. The highest BCUT2D eigenvalue weighted by Gasteiger charge is 2.24. The zero-order chi connectivity index (χ0) is 23.1. The van der Waals surface area contributed by atoms with Gasteiger partial charge in [-0.25, -0.2) is 0 Å². The second-order valence-electron chi connectivity index (χ2n) is 6.71. The van der Waals surface area contributed by atoms with E-state index in [9.17, 15) is 24.0 Å². The number of nitrogens with one attached hydrogen (secondary N) is 1. The Bertz CT molecular complexity index is 626. The van der Waals surface area contributed by atoms with Gasteiger partial charge in [0, 0.05) is 63.7 Å². The van der Waals surface area contributed by atoms with Crippen molar-refractivity contribution in [1.82, 2.24) is 10.2 Å². The van der Waals surface area contributed by atoms with Crippen molar-refractivity contribution < 1.29 is 33.4 Å². The van der Waals surface area contributed by atoms with Crippen LogP contribution in [0.2, 0.25) is 0 Å². The molecular weight excluding hydrogens is 444 g/mol. The van der Waals surface area contributed by atoms with Crippen LogP contribution in [0.5, 0.6) is 0 Å². The number of carbonyl (C=O) groups excluding carboxylic acids is 5. The van der Waals surface area contributed by atoms with Gasteiger partial charge in [0.15, 0.2) is 10.2 Å². The Hall–Kier alpha value is -1.69. The quantitative estimate of drug-likeness (QED) is 0.260. The fourth-order valence-electron chi connectivity index (χ4n) is 2.50. The molecular formula is C20H30N2O7S2. The SMILES string of the molecule is CC(=O)SCCCOCC(COCCCSC(C)=O)NC(=O)CCN1C(=O)C=CC1=O. The van der Waals surface area contributed by atoms with Crippen LogP contribution in [0.3, 0.4) is 0 Å². The smallest absolute Gasteiger partial charge is 0.253 e. The summed E-state index contributed by atoms with van der Waals surface area (Å²) in [5.41, 5.74) is 0. The van der Waals surface area contributed by atoms with Crippen molar-refractivity contribution in [2.45, 2.75) is 39.2 Å². The Morgan fingerprint density at radius 2 is 1.42 bits per heavy atom. The van der Waals surface area contributed by atoms with Crippen LogP contribution in [0.1, 0.15) is 33.1 Å². The van der Waals surface area contributed by atoms with E-state index in [1.807, 2.05) is 0 Å². The molecule has 9 nitrogen and oxygen atoms in total. The van der Waals surface area contributed by atoms with E-state index in [1.54, 1.807) is 0 Å². The lowest BCUT2D eigenvalue weighted by molar-refractivity contribution is -0.137. The summed E-state index contributed by atoms with van der Waals surface area (Å²) in [5.74, 6) is 0.176. The van der Waals surface area contributed by atoms with Crippen LogP contribution < -0.4 is 5.32 Å². The molecule has 0 unspecified atom stereocenters. The molecule has 0 spiro atoms. The Morgan fingerprint density at radius 1 is 0.935 bits per heavy atom. The number of amides is 3. The Labute approximate surface area is 191 Å². The highest BCUT2D eigenvalue weighted by Crippen LogP contribution is 2.06. The molecule has 0 fully saturated rings. The molecule has 11 heteroatoms. The van der Waals surface area contributed by atoms with Gasteiger partial charge in [0.2, 0.25) is 5.91 Å². The lowest BCUT2D eigenvalue weighted by atomic mass is 10.3. The van der Waals surface area contributed by atoms with Crippen LogP contribution in [0, 0.1) is 0 Å². The minimum atomic E-state index is -0.423. The molecule has 174 valence electrons. The molecule has 0 aromatic carbocycles.